The quantitative estimate of drug-likeness (QED) is 0.700. The fourth-order valence-electron chi connectivity index (χ4n) is 1.34. The number of carbonyl (C=O) groups is 1. The molecule has 0 bridgehead atoms. The number of amides is 1. The number of ether oxygens (including phenoxy) is 1. The maximum atomic E-state index is 11.1. The molecule has 1 aromatic rings. The van der Waals surface area contributed by atoms with Gasteiger partial charge in [-0.3, -0.25) is 4.79 Å². The highest BCUT2D eigenvalue weighted by Gasteiger charge is 2.19. The van der Waals surface area contributed by atoms with Crippen LogP contribution in [0.4, 0.5) is 0 Å². The topological polar surface area (TPSA) is 38.3 Å². The zero-order valence-corrected chi connectivity index (χ0v) is 7.19. The second-order valence-electron chi connectivity index (χ2n) is 2.98. The molecule has 1 amide bonds. The minimum absolute atomic E-state index is 0.0557. The van der Waals surface area contributed by atoms with Crippen molar-refractivity contribution < 1.29 is 9.53 Å². The van der Waals surface area contributed by atoms with E-state index in [1.165, 1.54) is 0 Å². The Morgan fingerprint density at radius 2 is 2.08 bits per heavy atom. The van der Waals surface area contributed by atoms with Crippen LogP contribution in [0.3, 0.4) is 0 Å². The van der Waals surface area contributed by atoms with Gasteiger partial charge >= 0.3 is 0 Å². The van der Waals surface area contributed by atoms with Gasteiger partial charge in [0.1, 0.15) is 0 Å². The number of rotatable bonds is 1. The zero-order chi connectivity index (χ0) is 9.10. The molecule has 0 radical (unpaired) electrons. The van der Waals surface area contributed by atoms with Gasteiger partial charge in [-0.05, 0) is 0 Å². The van der Waals surface area contributed by atoms with Crippen molar-refractivity contribution in [3.8, 4) is 0 Å². The molecule has 13 heavy (non-hydrogen) atoms. The predicted molar refractivity (Wildman–Crippen MR) is 47.9 cm³/mol. The highest BCUT2D eigenvalue weighted by atomic mass is 16.5. The standard InChI is InChI=1S/C10H11NO2/c12-9-6-7-13-10(11-9)8-4-2-1-3-5-8/h1-5,10H,6-7H2,(H,11,12). The van der Waals surface area contributed by atoms with E-state index in [-0.39, 0.29) is 12.1 Å². The maximum Gasteiger partial charge on any atom is 0.224 e. The molecule has 1 fully saturated rings. The SMILES string of the molecule is O=C1CCOC(c2ccccc2)N1. The lowest BCUT2D eigenvalue weighted by atomic mass is 10.2. The van der Waals surface area contributed by atoms with Crippen LogP contribution in [0.1, 0.15) is 18.2 Å². The van der Waals surface area contributed by atoms with E-state index in [9.17, 15) is 4.79 Å². The van der Waals surface area contributed by atoms with Crippen LogP contribution in [0, 0.1) is 0 Å². The summed E-state index contributed by atoms with van der Waals surface area (Å²) in [7, 11) is 0. The molecule has 0 spiro atoms. The summed E-state index contributed by atoms with van der Waals surface area (Å²) in [5, 5.41) is 2.77. The highest BCUT2D eigenvalue weighted by molar-refractivity contribution is 5.76. The first kappa shape index (κ1) is 8.26. The van der Waals surface area contributed by atoms with Gasteiger partial charge in [-0.2, -0.15) is 0 Å². The largest absolute Gasteiger partial charge is 0.354 e. The number of hydrogen-bond acceptors (Lipinski definition) is 2. The molecule has 1 atom stereocenters. The van der Waals surface area contributed by atoms with Crippen molar-refractivity contribution in [2.75, 3.05) is 6.61 Å². The number of nitrogens with one attached hydrogen (secondary N) is 1. The van der Waals surface area contributed by atoms with Crippen LogP contribution >= 0.6 is 0 Å². The highest BCUT2D eigenvalue weighted by Crippen LogP contribution is 2.16. The fraction of sp³-hybridized carbons (Fsp3) is 0.300. The molecule has 1 aliphatic heterocycles. The molecule has 0 aromatic heterocycles. The zero-order valence-electron chi connectivity index (χ0n) is 7.19. The maximum absolute atomic E-state index is 11.1. The summed E-state index contributed by atoms with van der Waals surface area (Å²) in [6.45, 7) is 0.505. The van der Waals surface area contributed by atoms with E-state index < -0.39 is 0 Å². The lowest BCUT2D eigenvalue weighted by molar-refractivity contribution is -0.133. The van der Waals surface area contributed by atoms with E-state index in [0.717, 1.165) is 5.56 Å². The van der Waals surface area contributed by atoms with Crippen LogP contribution in [0.25, 0.3) is 0 Å². The lowest BCUT2D eigenvalue weighted by Crippen LogP contribution is -2.36. The van der Waals surface area contributed by atoms with Gasteiger partial charge in [-0.25, -0.2) is 0 Å². The van der Waals surface area contributed by atoms with E-state index in [0.29, 0.717) is 13.0 Å². The first-order valence-electron chi connectivity index (χ1n) is 4.32. The Labute approximate surface area is 76.7 Å². The predicted octanol–water partition coefficient (Wildman–Crippen LogP) is 1.22. The van der Waals surface area contributed by atoms with Gasteiger partial charge in [0.15, 0.2) is 6.23 Å². The normalized spacial score (nSPS) is 22.5. The summed E-state index contributed by atoms with van der Waals surface area (Å²) >= 11 is 0. The van der Waals surface area contributed by atoms with Crippen molar-refractivity contribution in [1.82, 2.24) is 5.32 Å². The lowest BCUT2D eigenvalue weighted by Gasteiger charge is -2.23. The molecular weight excluding hydrogens is 166 g/mol. The van der Waals surface area contributed by atoms with Crippen molar-refractivity contribution in [1.29, 1.82) is 0 Å². The Bertz CT molecular complexity index is 297. The van der Waals surface area contributed by atoms with Gasteiger partial charge in [0.05, 0.1) is 13.0 Å². The molecule has 0 saturated carbocycles. The van der Waals surface area contributed by atoms with Crippen molar-refractivity contribution in [3.63, 3.8) is 0 Å². The first-order chi connectivity index (χ1) is 6.36. The summed E-state index contributed by atoms with van der Waals surface area (Å²) < 4.78 is 5.40. The van der Waals surface area contributed by atoms with Gasteiger partial charge in [-0.15, -0.1) is 0 Å². The van der Waals surface area contributed by atoms with Gasteiger partial charge in [0.25, 0.3) is 0 Å². The molecule has 3 heteroatoms. The first-order valence-corrected chi connectivity index (χ1v) is 4.32. The monoisotopic (exact) mass is 177 g/mol. The summed E-state index contributed by atoms with van der Waals surface area (Å²) in [5.41, 5.74) is 0.996. The molecule has 1 aliphatic rings. The summed E-state index contributed by atoms with van der Waals surface area (Å²) in [5.74, 6) is 0.0557. The molecule has 1 unspecified atom stereocenters. The third kappa shape index (κ3) is 1.87. The van der Waals surface area contributed by atoms with Crippen molar-refractivity contribution in [3.05, 3.63) is 35.9 Å². The Morgan fingerprint density at radius 1 is 1.31 bits per heavy atom. The van der Waals surface area contributed by atoms with Crippen LogP contribution in [0.15, 0.2) is 30.3 Å². The molecule has 1 heterocycles. The molecule has 68 valence electrons. The van der Waals surface area contributed by atoms with Crippen LogP contribution in [0.5, 0.6) is 0 Å². The number of carbonyl (C=O) groups excluding carboxylic acids is 1. The Kier molecular flexibility index (Phi) is 2.27. The second kappa shape index (κ2) is 3.58. The van der Waals surface area contributed by atoms with Crippen LogP contribution < -0.4 is 5.32 Å². The Morgan fingerprint density at radius 3 is 2.77 bits per heavy atom. The summed E-state index contributed by atoms with van der Waals surface area (Å²) in [6, 6.07) is 9.68. The van der Waals surface area contributed by atoms with E-state index in [2.05, 4.69) is 5.32 Å². The molecule has 1 saturated heterocycles. The van der Waals surface area contributed by atoms with Crippen molar-refractivity contribution >= 4 is 5.91 Å². The van der Waals surface area contributed by atoms with Crippen LogP contribution in [-0.2, 0) is 9.53 Å². The molecule has 1 aromatic carbocycles. The van der Waals surface area contributed by atoms with E-state index in [1.807, 2.05) is 30.3 Å². The molecule has 2 rings (SSSR count). The van der Waals surface area contributed by atoms with Crippen molar-refractivity contribution in [2.24, 2.45) is 0 Å². The Hall–Kier alpha value is -1.35. The van der Waals surface area contributed by atoms with Gasteiger partial charge in [-0.1, -0.05) is 30.3 Å². The second-order valence-corrected chi connectivity index (χ2v) is 2.98. The van der Waals surface area contributed by atoms with Crippen molar-refractivity contribution in [2.45, 2.75) is 12.6 Å². The van der Waals surface area contributed by atoms with E-state index >= 15 is 0 Å². The van der Waals surface area contributed by atoms with Crippen LogP contribution in [-0.4, -0.2) is 12.5 Å². The number of hydrogen-bond donors (Lipinski definition) is 1. The van der Waals surface area contributed by atoms with Crippen LogP contribution in [0.2, 0.25) is 0 Å². The molecule has 0 aliphatic carbocycles. The minimum atomic E-state index is -0.262. The fourth-order valence-corrected chi connectivity index (χ4v) is 1.34. The average molecular weight is 177 g/mol. The van der Waals surface area contributed by atoms with E-state index in [1.54, 1.807) is 0 Å². The third-order valence-corrected chi connectivity index (χ3v) is 2.01. The average Bonchev–Trinajstić information content (AvgIpc) is 2.19. The minimum Gasteiger partial charge on any atom is -0.354 e. The van der Waals surface area contributed by atoms with E-state index in [4.69, 9.17) is 4.74 Å². The van der Waals surface area contributed by atoms with Gasteiger partial charge < -0.3 is 10.1 Å². The smallest absolute Gasteiger partial charge is 0.224 e. The molecule has 3 nitrogen and oxygen atoms in total. The molecular formula is C10H11NO2. The van der Waals surface area contributed by atoms with Gasteiger partial charge in [0.2, 0.25) is 5.91 Å². The van der Waals surface area contributed by atoms with Gasteiger partial charge in [0, 0.05) is 5.56 Å². The number of benzene rings is 1. The Balaban J connectivity index is 2.13. The molecule has 1 N–H and O–H groups in total. The summed E-state index contributed by atoms with van der Waals surface area (Å²) in [6.07, 6.45) is 0.200. The summed E-state index contributed by atoms with van der Waals surface area (Å²) in [4.78, 5) is 11.1. The third-order valence-electron chi connectivity index (χ3n) is 2.01.